The maximum atomic E-state index is 9.55. The molecular formula is C13H18N4O4. The molecule has 114 valence electrons. The molecule has 0 saturated carbocycles. The molecule has 8 nitrogen and oxygen atoms in total. The molecule has 0 aliphatic carbocycles. The molecule has 2 heterocycles. The number of nitrogens with zero attached hydrogens (tertiary/aromatic N) is 3. The first-order chi connectivity index (χ1) is 10.1. The second-order valence-corrected chi connectivity index (χ2v) is 4.15. The van der Waals surface area contributed by atoms with Crippen molar-refractivity contribution in [3.8, 4) is 0 Å². The zero-order valence-electron chi connectivity index (χ0n) is 11.5. The van der Waals surface area contributed by atoms with E-state index in [1.165, 1.54) is 0 Å². The second-order valence-electron chi connectivity index (χ2n) is 4.15. The van der Waals surface area contributed by atoms with Crippen LogP contribution < -0.4 is 10.2 Å². The van der Waals surface area contributed by atoms with Crippen molar-refractivity contribution in [1.29, 1.82) is 0 Å². The van der Waals surface area contributed by atoms with Gasteiger partial charge >= 0.3 is 11.9 Å². The van der Waals surface area contributed by atoms with Gasteiger partial charge in [-0.1, -0.05) is 0 Å². The summed E-state index contributed by atoms with van der Waals surface area (Å²) < 4.78 is 0. The highest BCUT2D eigenvalue weighted by atomic mass is 16.4. The highest BCUT2D eigenvalue weighted by Gasteiger charge is 2.10. The minimum atomic E-state index is -1.26. The predicted molar refractivity (Wildman–Crippen MR) is 76.1 cm³/mol. The van der Waals surface area contributed by atoms with Crippen LogP contribution in [-0.2, 0) is 9.59 Å². The van der Waals surface area contributed by atoms with Crippen molar-refractivity contribution in [1.82, 2.24) is 15.3 Å². The molecule has 2 rings (SSSR count). The number of aromatic nitrogens is 2. The molecule has 0 atom stereocenters. The van der Waals surface area contributed by atoms with E-state index in [0.29, 0.717) is 12.2 Å². The van der Waals surface area contributed by atoms with E-state index in [-0.39, 0.29) is 0 Å². The molecular weight excluding hydrogens is 276 g/mol. The molecule has 0 unspecified atom stereocenters. The lowest BCUT2D eigenvalue weighted by atomic mass is 10.4. The van der Waals surface area contributed by atoms with Crippen molar-refractivity contribution in [3.63, 3.8) is 0 Å². The van der Waals surface area contributed by atoms with E-state index >= 15 is 0 Å². The van der Waals surface area contributed by atoms with Gasteiger partial charge in [0.25, 0.3) is 0 Å². The Labute approximate surface area is 122 Å². The van der Waals surface area contributed by atoms with Gasteiger partial charge in [-0.25, -0.2) is 19.6 Å². The molecule has 1 saturated heterocycles. The van der Waals surface area contributed by atoms with Gasteiger partial charge in [0.15, 0.2) is 0 Å². The summed E-state index contributed by atoms with van der Waals surface area (Å²) in [5.41, 5.74) is 0. The standard InChI is InChI=1S/C9H14N4.C4H4O4/c1-4-11-9(12-5-1)13-7-2-3-10-6-8-13;5-3(6)1-2-4(7)8/h1,4-5,10H,2-3,6-8H2;1-2H,(H,5,6)(H,7,8)/b;2-1+. The van der Waals surface area contributed by atoms with Crippen LogP contribution in [0.2, 0.25) is 0 Å². The van der Waals surface area contributed by atoms with E-state index in [4.69, 9.17) is 10.2 Å². The Bertz CT molecular complexity index is 454. The average Bonchev–Trinajstić information content (AvgIpc) is 2.76. The fourth-order valence-corrected chi connectivity index (χ4v) is 1.64. The zero-order valence-corrected chi connectivity index (χ0v) is 11.5. The molecule has 1 aromatic rings. The van der Waals surface area contributed by atoms with Crippen molar-refractivity contribution >= 4 is 17.9 Å². The second kappa shape index (κ2) is 9.43. The molecule has 1 aliphatic rings. The Kier molecular flexibility index (Phi) is 7.44. The Morgan fingerprint density at radius 1 is 1.10 bits per heavy atom. The van der Waals surface area contributed by atoms with Crippen molar-refractivity contribution in [3.05, 3.63) is 30.6 Å². The summed E-state index contributed by atoms with van der Waals surface area (Å²) in [5.74, 6) is -1.66. The predicted octanol–water partition coefficient (Wildman–Crippen LogP) is -0.0119. The van der Waals surface area contributed by atoms with Crippen LogP contribution >= 0.6 is 0 Å². The topological polar surface area (TPSA) is 116 Å². The number of nitrogens with one attached hydrogen (secondary N) is 1. The molecule has 0 radical (unpaired) electrons. The third-order valence-electron chi connectivity index (χ3n) is 2.54. The third-order valence-corrected chi connectivity index (χ3v) is 2.54. The van der Waals surface area contributed by atoms with E-state index in [9.17, 15) is 9.59 Å². The summed E-state index contributed by atoms with van der Waals surface area (Å²) in [5, 5.41) is 19.0. The summed E-state index contributed by atoms with van der Waals surface area (Å²) >= 11 is 0. The van der Waals surface area contributed by atoms with Crippen LogP contribution in [0.1, 0.15) is 6.42 Å². The number of hydrogen-bond donors (Lipinski definition) is 3. The number of carbonyl (C=O) groups is 2. The first-order valence-electron chi connectivity index (χ1n) is 6.46. The first-order valence-corrected chi connectivity index (χ1v) is 6.46. The molecule has 0 amide bonds. The molecule has 21 heavy (non-hydrogen) atoms. The van der Waals surface area contributed by atoms with Crippen LogP contribution in [0, 0.1) is 0 Å². The number of aliphatic carboxylic acids is 2. The van der Waals surface area contributed by atoms with Crippen LogP contribution in [0.25, 0.3) is 0 Å². The Hall–Kier alpha value is -2.48. The van der Waals surface area contributed by atoms with Crippen molar-refractivity contribution in [2.45, 2.75) is 6.42 Å². The van der Waals surface area contributed by atoms with E-state index in [1.54, 1.807) is 12.4 Å². The minimum absolute atomic E-state index is 0.558. The molecule has 8 heteroatoms. The third kappa shape index (κ3) is 7.63. The molecule has 1 fully saturated rings. The quantitative estimate of drug-likeness (QED) is 0.667. The molecule has 3 N–H and O–H groups in total. The maximum absolute atomic E-state index is 9.55. The minimum Gasteiger partial charge on any atom is -0.478 e. The lowest BCUT2D eigenvalue weighted by Crippen LogP contribution is -2.29. The SMILES string of the molecule is O=C(O)/C=C/C(=O)O.c1cnc(N2CCCNCC2)nc1. The number of rotatable bonds is 3. The Morgan fingerprint density at radius 2 is 1.71 bits per heavy atom. The van der Waals surface area contributed by atoms with Gasteiger partial charge in [-0.05, 0) is 19.0 Å². The van der Waals surface area contributed by atoms with E-state index in [1.807, 2.05) is 6.07 Å². The Morgan fingerprint density at radius 3 is 2.29 bits per heavy atom. The fourth-order valence-electron chi connectivity index (χ4n) is 1.64. The number of carboxylic acids is 2. The Balaban J connectivity index is 0.000000240. The number of anilines is 1. The highest BCUT2D eigenvalue weighted by molar-refractivity contribution is 5.89. The van der Waals surface area contributed by atoms with Crippen molar-refractivity contribution in [2.75, 3.05) is 31.1 Å². The molecule has 0 aromatic carbocycles. The van der Waals surface area contributed by atoms with E-state index < -0.39 is 11.9 Å². The summed E-state index contributed by atoms with van der Waals surface area (Å²) in [6.45, 7) is 4.18. The van der Waals surface area contributed by atoms with Gasteiger partial charge in [-0.3, -0.25) is 0 Å². The van der Waals surface area contributed by atoms with E-state index in [0.717, 1.165) is 38.5 Å². The van der Waals surface area contributed by atoms with Gasteiger partial charge in [-0.2, -0.15) is 0 Å². The van der Waals surface area contributed by atoms with Gasteiger partial charge in [-0.15, -0.1) is 0 Å². The van der Waals surface area contributed by atoms with Crippen molar-refractivity contribution in [2.24, 2.45) is 0 Å². The summed E-state index contributed by atoms with van der Waals surface area (Å²) in [6, 6.07) is 1.85. The summed E-state index contributed by atoms with van der Waals surface area (Å²) in [4.78, 5) is 29.8. The molecule has 0 spiro atoms. The van der Waals surface area contributed by atoms with E-state index in [2.05, 4.69) is 20.2 Å². The van der Waals surface area contributed by atoms with Crippen LogP contribution in [0.4, 0.5) is 5.95 Å². The lowest BCUT2D eigenvalue weighted by molar-refractivity contribution is -0.134. The van der Waals surface area contributed by atoms with Crippen LogP contribution in [0.5, 0.6) is 0 Å². The summed E-state index contributed by atoms with van der Waals surface area (Å²) in [6.07, 6.45) is 5.87. The first kappa shape index (κ1) is 16.6. The summed E-state index contributed by atoms with van der Waals surface area (Å²) in [7, 11) is 0. The fraction of sp³-hybridized carbons (Fsp3) is 0.385. The van der Waals surface area contributed by atoms with Gasteiger partial charge in [0.05, 0.1) is 0 Å². The van der Waals surface area contributed by atoms with Gasteiger partial charge in [0.1, 0.15) is 0 Å². The van der Waals surface area contributed by atoms with Gasteiger partial charge in [0.2, 0.25) is 5.95 Å². The van der Waals surface area contributed by atoms with Crippen LogP contribution in [0.3, 0.4) is 0 Å². The van der Waals surface area contributed by atoms with Crippen LogP contribution in [-0.4, -0.2) is 58.3 Å². The smallest absolute Gasteiger partial charge is 0.328 e. The van der Waals surface area contributed by atoms with Gasteiger partial charge < -0.3 is 20.4 Å². The molecule has 1 aliphatic heterocycles. The number of hydrogen-bond acceptors (Lipinski definition) is 6. The average molecular weight is 294 g/mol. The molecule has 0 bridgehead atoms. The monoisotopic (exact) mass is 294 g/mol. The van der Waals surface area contributed by atoms with Crippen LogP contribution in [0.15, 0.2) is 30.6 Å². The normalized spacial score (nSPS) is 15.0. The maximum Gasteiger partial charge on any atom is 0.328 e. The lowest BCUT2D eigenvalue weighted by Gasteiger charge is -2.18. The molecule has 1 aromatic heterocycles. The largest absolute Gasteiger partial charge is 0.478 e. The van der Waals surface area contributed by atoms with Crippen molar-refractivity contribution < 1.29 is 19.8 Å². The van der Waals surface area contributed by atoms with Gasteiger partial charge in [0, 0.05) is 44.2 Å². The zero-order chi connectivity index (χ0) is 15.5. The number of carboxylic acid groups (broad SMARTS) is 2. The highest BCUT2D eigenvalue weighted by Crippen LogP contribution is 2.06.